The van der Waals surface area contributed by atoms with Crippen molar-refractivity contribution in [2.24, 2.45) is 16.7 Å². The summed E-state index contributed by atoms with van der Waals surface area (Å²) in [6.45, 7) is 7.16. The van der Waals surface area contributed by atoms with E-state index in [0.29, 0.717) is 0 Å². The third-order valence-corrected chi connectivity index (χ3v) is 10.5. The number of carbonyl (C=O) groups is 4. The van der Waals surface area contributed by atoms with E-state index in [2.05, 4.69) is 0 Å². The van der Waals surface area contributed by atoms with E-state index in [4.69, 9.17) is 30.5 Å². The topological polar surface area (TPSA) is 166 Å². The van der Waals surface area contributed by atoms with Crippen LogP contribution in [-0.2, 0) is 33.3 Å². The number of hydrogen-bond acceptors (Lipinski definition) is 11. The summed E-state index contributed by atoms with van der Waals surface area (Å²) in [5.74, 6) is -5.17. The Morgan fingerprint density at radius 3 is 2.30 bits per heavy atom. The molecule has 43 heavy (non-hydrogen) atoms. The van der Waals surface area contributed by atoms with Gasteiger partial charge in [-0.15, -0.1) is 11.6 Å². The number of aliphatic hydroxyl groups is 3. The number of hydrogen-bond donors (Lipinski definition) is 3. The van der Waals surface area contributed by atoms with Crippen LogP contribution in [0.3, 0.4) is 0 Å². The standard InChI is InChI=1S/C31H37ClO11/c1-15-18(34)12-31(39)26(42-27(38)17-9-7-6-8-10-17)24-29(5,25(37)23(36)22(15)28(31,3)4)19(41-21(35)13-32)11-20-30(24,14-40-20)43-16(2)33/h6-10,18-20,23-24,26,34,36,39H,11-14H2,1-5H3/t18-,19-,20+,23+,24-,26-,29+,30-,31+/m0/s1. The number of carbonyl (C=O) groups excluding carboxylic acids is 4. The number of esters is 3. The van der Waals surface area contributed by atoms with Gasteiger partial charge in [0.05, 0.1) is 29.6 Å². The van der Waals surface area contributed by atoms with Crippen molar-refractivity contribution in [3.05, 3.63) is 47.0 Å². The maximum Gasteiger partial charge on any atom is 0.338 e. The van der Waals surface area contributed by atoms with Crippen LogP contribution in [0.4, 0.5) is 0 Å². The molecule has 0 radical (unpaired) electrons. The van der Waals surface area contributed by atoms with Gasteiger partial charge in [-0.1, -0.05) is 32.0 Å². The number of benzene rings is 1. The predicted molar refractivity (Wildman–Crippen MR) is 150 cm³/mol. The molecule has 3 fully saturated rings. The van der Waals surface area contributed by atoms with Gasteiger partial charge in [0.15, 0.2) is 11.4 Å². The van der Waals surface area contributed by atoms with E-state index in [9.17, 15) is 34.5 Å². The van der Waals surface area contributed by atoms with E-state index in [1.54, 1.807) is 39.0 Å². The third-order valence-electron chi connectivity index (χ3n) is 10.3. The first-order chi connectivity index (χ1) is 20.1. The smallest absolute Gasteiger partial charge is 0.338 e. The van der Waals surface area contributed by atoms with Crippen LogP contribution in [0, 0.1) is 16.7 Å². The fourth-order valence-electron chi connectivity index (χ4n) is 8.00. The molecule has 1 aliphatic heterocycles. The first-order valence-electron chi connectivity index (χ1n) is 14.2. The van der Waals surface area contributed by atoms with Gasteiger partial charge in [0.25, 0.3) is 0 Å². The zero-order chi connectivity index (χ0) is 31.7. The Balaban J connectivity index is 1.83. The monoisotopic (exact) mass is 620 g/mol. The van der Waals surface area contributed by atoms with E-state index in [1.165, 1.54) is 26.0 Å². The molecule has 1 saturated heterocycles. The largest absolute Gasteiger partial charge is 0.460 e. The fraction of sp³-hybridized carbons (Fsp3) is 0.613. The number of Topliss-reactive ketones (excluding diaryl/α,β-unsaturated/α-hetero) is 1. The Labute approximate surface area is 254 Å². The molecular formula is C31H37ClO11. The van der Waals surface area contributed by atoms with Crippen molar-refractivity contribution in [3.8, 4) is 0 Å². The minimum Gasteiger partial charge on any atom is -0.460 e. The summed E-state index contributed by atoms with van der Waals surface area (Å²) in [6, 6.07) is 8.00. The lowest BCUT2D eigenvalue weighted by Crippen LogP contribution is -2.82. The molecule has 234 valence electrons. The minimum absolute atomic E-state index is 0.0649. The second kappa shape index (κ2) is 10.7. The highest BCUT2D eigenvalue weighted by molar-refractivity contribution is 6.26. The summed E-state index contributed by atoms with van der Waals surface area (Å²) in [5.41, 5.74) is -6.63. The molecule has 0 amide bonds. The van der Waals surface area contributed by atoms with Gasteiger partial charge >= 0.3 is 17.9 Å². The number of fused-ring (bicyclic) bond motifs is 5. The summed E-state index contributed by atoms with van der Waals surface area (Å²) in [4.78, 5) is 53.6. The predicted octanol–water partition coefficient (Wildman–Crippen LogP) is 1.87. The molecular weight excluding hydrogens is 584 g/mol. The fourth-order valence-corrected chi connectivity index (χ4v) is 8.07. The number of ketones is 1. The van der Waals surface area contributed by atoms with Crippen LogP contribution in [0.15, 0.2) is 41.5 Å². The molecule has 11 nitrogen and oxygen atoms in total. The minimum atomic E-state index is -2.13. The SMILES string of the molecule is CC(=O)O[C@@]12CO[C@@H]1C[C@H](OC(=O)CCl)[C@@]1(C)C(=O)[C@H](O)C3=C(C)[C@@H](O)C[C@@](O)([C@@H](OC(=O)c4ccccc4)[C@H]21)C3(C)C. The Morgan fingerprint density at radius 1 is 1.09 bits per heavy atom. The molecule has 1 heterocycles. The van der Waals surface area contributed by atoms with E-state index in [-0.39, 0.29) is 36.2 Å². The molecule has 4 aliphatic rings. The molecule has 1 aromatic rings. The van der Waals surface area contributed by atoms with E-state index in [0.717, 1.165) is 0 Å². The lowest BCUT2D eigenvalue weighted by atomic mass is 9.44. The Kier molecular flexibility index (Phi) is 7.83. The van der Waals surface area contributed by atoms with Crippen molar-refractivity contribution < 1.29 is 53.4 Å². The molecule has 3 N–H and O–H groups in total. The summed E-state index contributed by atoms with van der Waals surface area (Å²) in [7, 11) is 0. The number of halogens is 1. The van der Waals surface area contributed by atoms with Gasteiger partial charge in [-0.05, 0) is 37.1 Å². The highest BCUT2D eigenvalue weighted by atomic mass is 35.5. The first kappa shape index (κ1) is 31.6. The van der Waals surface area contributed by atoms with Gasteiger partial charge in [-0.3, -0.25) is 14.4 Å². The zero-order valence-electron chi connectivity index (χ0n) is 24.7. The molecule has 3 aliphatic carbocycles. The van der Waals surface area contributed by atoms with Crippen LogP contribution in [0.5, 0.6) is 0 Å². The van der Waals surface area contributed by atoms with E-state index < -0.39 is 88.0 Å². The van der Waals surface area contributed by atoms with Crippen LogP contribution in [0.2, 0.25) is 0 Å². The van der Waals surface area contributed by atoms with Crippen molar-refractivity contribution in [3.63, 3.8) is 0 Å². The molecule has 2 saturated carbocycles. The molecule has 0 aromatic heterocycles. The van der Waals surface area contributed by atoms with Crippen LogP contribution in [-0.4, -0.2) is 93.2 Å². The van der Waals surface area contributed by atoms with Crippen molar-refractivity contribution in [2.45, 2.75) is 89.2 Å². The average Bonchev–Trinajstić information content (AvgIpc) is 2.94. The second-order valence-electron chi connectivity index (χ2n) is 12.8. The molecule has 1 aromatic carbocycles. The van der Waals surface area contributed by atoms with E-state index in [1.807, 2.05) is 0 Å². The van der Waals surface area contributed by atoms with Gasteiger partial charge in [0.1, 0.15) is 35.9 Å². The highest BCUT2D eigenvalue weighted by Crippen LogP contribution is 2.64. The number of rotatable bonds is 5. The van der Waals surface area contributed by atoms with Crippen LogP contribution >= 0.6 is 11.6 Å². The van der Waals surface area contributed by atoms with Gasteiger partial charge in [-0.2, -0.15) is 0 Å². The van der Waals surface area contributed by atoms with Crippen LogP contribution in [0.25, 0.3) is 0 Å². The molecule has 5 rings (SSSR count). The quantitative estimate of drug-likeness (QED) is 0.190. The Morgan fingerprint density at radius 2 is 1.74 bits per heavy atom. The molecule has 12 heteroatoms. The normalized spacial score (nSPS) is 39.7. The number of ether oxygens (including phenoxy) is 4. The van der Waals surface area contributed by atoms with Crippen LogP contribution < -0.4 is 0 Å². The average molecular weight is 621 g/mol. The Hall–Kier alpha value is -2.83. The third kappa shape index (κ3) is 4.46. The van der Waals surface area contributed by atoms with Gasteiger partial charge in [0.2, 0.25) is 0 Å². The van der Waals surface area contributed by atoms with Crippen LogP contribution in [0.1, 0.15) is 57.8 Å². The first-order valence-corrected chi connectivity index (χ1v) is 14.8. The lowest BCUT2D eigenvalue weighted by molar-refractivity contribution is -0.346. The van der Waals surface area contributed by atoms with Gasteiger partial charge in [-0.25, -0.2) is 4.79 Å². The van der Waals surface area contributed by atoms with E-state index >= 15 is 0 Å². The van der Waals surface area contributed by atoms with Gasteiger partial charge in [0, 0.05) is 25.2 Å². The zero-order valence-corrected chi connectivity index (χ0v) is 25.4. The second-order valence-corrected chi connectivity index (χ2v) is 13.0. The molecule has 9 atom stereocenters. The summed E-state index contributed by atoms with van der Waals surface area (Å²) in [6.07, 6.45) is -7.48. The van der Waals surface area contributed by atoms with Crippen molar-refractivity contribution in [1.82, 2.24) is 0 Å². The Bertz CT molecular complexity index is 1370. The van der Waals surface area contributed by atoms with Crippen molar-refractivity contribution in [1.29, 1.82) is 0 Å². The highest BCUT2D eigenvalue weighted by Gasteiger charge is 2.78. The summed E-state index contributed by atoms with van der Waals surface area (Å²) in [5, 5.41) is 35.8. The molecule has 0 spiro atoms. The van der Waals surface area contributed by atoms with Crippen molar-refractivity contribution >= 4 is 35.3 Å². The maximum absolute atomic E-state index is 14.7. The number of aliphatic hydroxyl groups excluding tert-OH is 2. The summed E-state index contributed by atoms with van der Waals surface area (Å²) < 4.78 is 23.7. The van der Waals surface area contributed by atoms with Crippen molar-refractivity contribution in [2.75, 3.05) is 12.5 Å². The molecule has 0 unspecified atom stereocenters. The van der Waals surface area contributed by atoms with Gasteiger partial charge < -0.3 is 34.3 Å². The lowest BCUT2D eigenvalue weighted by Gasteiger charge is -2.67. The molecule has 2 bridgehead atoms. The summed E-state index contributed by atoms with van der Waals surface area (Å²) >= 11 is 5.77. The maximum atomic E-state index is 14.7. The number of alkyl halides is 1.